The van der Waals surface area contributed by atoms with Crippen LogP contribution >= 0.6 is 15.9 Å². The van der Waals surface area contributed by atoms with Crippen molar-refractivity contribution in [1.29, 1.82) is 0 Å². The third-order valence-corrected chi connectivity index (χ3v) is 6.41. The van der Waals surface area contributed by atoms with Gasteiger partial charge in [-0.2, -0.15) is 35.1 Å². The van der Waals surface area contributed by atoms with Crippen molar-refractivity contribution in [2.75, 3.05) is 17.7 Å². The van der Waals surface area contributed by atoms with E-state index in [1.165, 1.54) is 18.2 Å². The molecule has 0 spiro atoms. The number of ether oxygens (including phenoxy) is 2. The first kappa shape index (κ1) is 32.6. The third-order valence-electron chi connectivity index (χ3n) is 5.79. The van der Waals surface area contributed by atoms with Gasteiger partial charge < -0.3 is 20.1 Å². The van der Waals surface area contributed by atoms with E-state index in [0.29, 0.717) is 5.56 Å². The van der Waals surface area contributed by atoms with Crippen LogP contribution < -0.4 is 20.1 Å². The zero-order chi connectivity index (χ0) is 31.6. The molecule has 0 aliphatic heterocycles. The van der Waals surface area contributed by atoms with Gasteiger partial charge in [-0.3, -0.25) is 9.59 Å². The fourth-order valence-corrected chi connectivity index (χ4v) is 4.35. The first-order valence-corrected chi connectivity index (χ1v) is 12.2. The van der Waals surface area contributed by atoms with Crippen molar-refractivity contribution in [3.05, 3.63) is 81.3 Å². The van der Waals surface area contributed by atoms with Crippen molar-refractivity contribution in [2.24, 2.45) is 0 Å². The number of benzene rings is 3. The van der Waals surface area contributed by atoms with Gasteiger partial charge in [0, 0.05) is 15.6 Å². The average molecular weight is 673 g/mol. The Morgan fingerprint density at radius 3 is 1.95 bits per heavy atom. The van der Waals surface area contributed by atoms with Crippen molar-refractivity contribution >= 4 is 39.1 Å². The Kier molecular flexibility index (Phi) is 9.39. The lowest BCUT2D eigenvalue weighted by Crippen LogP contribution is -2.50. The Hall–Kier alpha value is -3.95. The number of carbonyl (C=O) groups is 2. The molecule has 0 aromatic heterocycles. The summed E-state index contributed by atoms with van der Waals surface area (Å²) in [7, 11) is 1.13. The van der Waals surface area contributed by atoms with E-state index in [9.17, 15) is 49.1 Å². The maximum atomic E-state index is 14.6. The Morgan fingerprint density at radius 1 is 0.833 bits per heavy atom. The van der Waals surface area contributed by atoms with Crippen molar-refractivity contribution in [2.45, 2.75) is 31.6 Å². The van der Waals surface area contributed by atoms with Crippen molar-refractivity contribution < 1.29 is 58.6 Å². The Bertz CT molecular complexity index is 1480. The summed E-state index contributed by atoms with van der Waals surface area (Å²) in [5.41, 5.74) is -8.42. The molecular formula is C26H18BrF9N2O4. The van der Waals surface area contributed by atoms with Crippen LogP contribution in [0.5, 0.6) is 11.5 Å². The van der Waals surface area contributed by atoms with Crippen molar-refractivity contribution in [3.8, 4) is 11.5 Å². The number of halogens is 10. The van der Waals surface area contributed by atoms with Crippen LogP contribution in [0.4, 0.5) is 50.9 Å². The minimum absolute atomic E-state index is 0.0188. The summed E-state index contributed by atoms with van der Waals surface area (Å²) < 4.78 is 129. The predicted octanol–water partition coefficient (Wildman–Crippen LogP) is 8.16. The van der Waals surface area contributed by atoms with Crippen molar-refractivity contribution in [1.82, 2.24) is 0 Å². The first-order chi connectivity index (χ1) is 19.4. The summed E-state index contributed by atoms with van der Waals surface area (Å²) in [6, 6.07) is 10.1. The number of amides is 2. The number of hydrogen-bond acceptors (Lipinski definition) is 4. The SMILES string of the molecule is COc1c(NC(=O)c2ccccc2C)cccc1C(=O)Nc1c(Br)cc(C(F)(C(F)(F)F)C(F)(F)F)cc1OC(F)F. The standard InChI is InChI=1S/C26H18BrF9N2O4/c1-12-6-3-4-7-14(12)21(39)37-17-9-5-8-15(20(17)41-2)22(40)38-19-16(27)10-13(11-18(19)42-23(28)29)24(30,25(31,32)33)26(34,35)36/h3-11,23H,1-2H3,(H,37,39)(H,38,40). The number of rotatable bonds is 8. The molecule has 0 aliphatic rings. The van der Waals surface area contributed by atoms with Crippen LogP contribution in [0.3, 0.4) is 0 Å². The molecule has 2 amide bonds. The second-order valence-corrected chi connectivity index (χ2v) is 9.33. The summed E-state index contributed by atoms with van der Waals surface area (Å²) >= 11 is 2.60. The van der Waals surface area contributed by atoms with Gasteiger partial charge in [0.2, 0.25) is 0 Å². The Morgan fingerprint density at radius 2 is 1.40 bits per heavy atom. The lowest BCUT2D eigenvalue weighted by Gasteiger charge is -2.31. The zero-order valence-electron chi connectivity index (χ0n) is 21.2. The topological polar surface area (TPSA) is 76.7 Å². The zero-order valence-corrected chi connectivity index (χ0v) is 22.8. The largest absolute Gasteiger partial charge is 0.494 e. The predicted molar refractivity (Wildman–Crippen MR) is 136 cm³/mol. The number of anilines is 2. The van der Waals surface area contributed by atoms with Gasteiger partial charge in [0.25, 0.3) is 11.8 Å². The number of methoxy groups -OCH3 is 1. The summed E-state index contributed by atoms with van der Waals surface area (Å²) in [6.07, 6.45) is -13.1. The maximum absolute atomic E-state index is 14.6. The monoisotopic (exact) mass is 672 g/mol. The molecular weight excluding hydrogens is 655 g/mol. The van der Waals surface area contributed by atoms with Gasteiger partial charge in [0.15, 0.2) is 11.5 Å². The maximum Gasteiger partial charge on any atom is 0.435 e. The lowest BCUT2D eigenvalue weighted by molar-refractivity contribution is -0.348. The van der Waals surface area contributed by atoms with E-state index in [-0.39, 0.29) is 34.7 Å². The normalized spacial score (nSPS) is 12.2. The van der Waals surface area contributed by atoms with E-state index in [4.69, 9.17) is 4.74 Å². The molecule has 16 heteroatoms. The molecule has 0 radical (unpaired) electrons. The van der Waals surface area contributed by atoms with Crippen LogP contribution in [0.2, 0.25) is 0 Å². The van der Waals surface area contributed by atoms with Gasteiger partial charge in [-0.25, -0.2) is 4.39 Å². The highest BCUT2D eigenvalue weighted by Gasteiger charge is 2.73. The molecule has 3 aromatic rings. The van der Waals surface area contributed by atoms with Gasteiger partial charge in [-0.05, 0) is 58.7 Å². The highest BCUT2D eigenvalue weighted by atomic mass is 79.9. The smallest absolute Gasteiger partial charge is 0.435 e. The lowest BCUT2D eigenvalue weighted by atomic mass is 9.93. The van der Waals surface area contributed by atoms with Crippen molar-refractivity contribution in [3.63, 3.8) is 0 Å². The molecule has 3 rings (SSSR count). The summed E-state index contributed by atoms with van der Waals surface area (Å²) in [6.45, 7) is -2.13. The van der Waals surface area contributed by atoms with Gasteiger partial charge in [0.05, 0.1) is 24.0 Å². The Balaban J connectivity index is 2.06. The molecule has 3 aromatic carbocycles. The minimum atomic E-state index is -6.55. The second-order valence-electron chi connectivity index (χ2n) is 8.47. The van der Waals surface area contributed by atoms with Crippen LogP contribution in [0.1, 0.15) is 31.8 Å². The first-order valence-electron chi connectivity index (χ1n) is 11.4. The number of para-hydroxylation sites is 1. The molecule has 0 bridgehead atoms. The molecule has 6 nitrogen and oxygen atoms in total. The number of carbonyl (C=O) groups excluding carboxylic acids is 2. The fourth-order valence-electron chi connectivity index (χ4n) is 3.81. The summed E-state index contributed by atoms with van der Waals surface area (Å²) in [5.74, 6) is -3.41. The van der Waals surface area contributed by atoms with Crippen LogP contribution in [0, 0.1) is 6.92 Å². The molecule has 226 valence electrons. The summed E-state index contributed by atoms with van der Waals surface area (Å²) in [4.78, 5) is 25.9. The van der Waals surface area contributed by atoms with Crippen LogP contribution in [-0.4, -0.2) is 37.9 Å². The van der Waals surface area contributed by atoms with Crippen LogP contribution in [0.15, 0.2) is 59.1 Å². The molecule has 0 heterocycles. The number of hydrogen-bond donors (Lipinski definition) is 2. The number of aryl methyl sites for hydroxylation is 1. The molecule has 42 heavy (non-hydrogen) atoms. The van der Waals surface area contributed by atoms with Gasteiger partial charge in [0.1, 0.15) is 0 Å². The van der Waals surface area contributed by atoms with Gasteiger partial charge in [-0.15, -0.1) is 0 Å². The van der Waals surface area contributed by atoms with E-state index in [0.717, 1.165) is 13.2 Å². The Labute approximate surface area is 239 Å². The second kappa shape index (κ2) is 12.1. The van der Waals surface area contributed by atoms with E-state index in [2.05, 4.69) is 26.0 Å². The molecule has 0 aliphatic carbocycles. The summed E-state index contributed by atoms with van der Waals surface area (Å²) in [5, 5.41) is 4.58. The average Bonchev–Trinajstić information content (AvgIpc) is 2.88. The van der Waals surface area contributed by atoms with E-state index < -0.39 is 57.9 Å². The minimum Gasteiger partial charge on any atom is -0.494 e. The quantitative estimate of drug-likeness (QED) is 0.237. The van der Waals surface area contributed by atoms with E-state index in [1.54, 1.807) is 25.1 Å². The number of nitrogens with one attached hydrogen (secondary N) is 2. The molecule has 0 saturated heterocycles. The van der Waals surface area contributed by atoms with E-state index >= 15 is 0 Å². The number of alkyl halides is 9. The highest BCUT2D eigenvalue weighted by molar-refractivity contribution is 9.10. The molecule has 0 fully saturated rings. The fraction of sp³-hybridized carbons (Fsp3) is 0.231. The van der Waals surface area contributed by atoms with Gasteiger partial charge >= 0.3 is 24.6 Å². The molecule has 2 N–H and O–H groups in total. The third kappa shape index (κ3) is 6.42. The van der Waals surface area contributed by atoms with Gasteiger partial charge in [-0.1, -0.05) is 24.3 Å². The van der Waals surface area contributed by atoms with Crippen LogP contribution in [-0.2, 0) is 5.67 Å². The molecule has 0 unspecified atom stereocenters. The highest BCUT2D eigenvalue weighted by Crippen LogP contribution is 2.55. The van der Waals surface area contributed by atoms with Crippen LogP contribution in [0.25, 0.3) is 0 Å². The van der Waals surface area contributed by atoms with E-state index in [1.807, 2.05) is 5.32 Å². The molecule has 0 atom stereocenters. The molecule has 0 saturated carbocycles.